The van der Waals surface area contributed by atoms with Crippen molar-refractivity contribution in [3.63, 3.8) is 0 Å². The molecular formula is C17H13F2N3O2. The van der Waals surface area contributed by atoms with E-state index in [0.29, 0.717) is 5.69 Å². The van der Waals surface area contributed by atoms with Gasteiger partial charge in [0.15, 0.2) is 0 Å². The second kappa shape index (κ2) is 5.30. The van der Waals surface area contributed by atoms with Gasteiger partial charge in [-0.25, -0.2) is 13.6 Å². The largest absolute Gasteiger partial charge is 0.493 e. The first-order valence-corrected chi connectivity index (χ1v) is 7.45. The Labute approximate surface area is 135 Å². The van der Waals surface area contributed by atoms with Crippen molar-refractivity contribution in [1.29, 1.82) is 0 Å². The molecular weight excluding hydrogens is 316 g/mol. The zero-order valence-electron chi connectivity index (χ0n) is 12.4. The minimum Gasteiger partial charge on any atom is -0.493 e. The predicted octanol–water partition coefficient (Wildman–Crippen LogP) is 2.95. The number of halogens is 2. The molecule has 0 amide bonds. The van der Waals surface area contributed by atoms with Crippen LogP contribution in [0.5, 0.6) is 5.88 Å². The zero-order chi connectivity index (χ0) is 16.8. The lowest BCUT2D eigenvalue weighted by Gasteiger charge is -2.05. The van der Waals surface area contributed by atoms with Gasteiger partial charge >= 0.3 is 5.69 Å². The molecule has 0 saturated heterocycles. The number of aromatic hydroxyl groups is 1. The van der Waals surface area contributed by atoms with E-state index in [4.69, 9.17) is 0 Å². The lowest BCUT2D eigenvalue weighted by Crippen LogP contribution is -2.15. The first-order valence-electron chi connectivity index (χ1n) is 7.45. The van der Waals surface area contributed by atoms with Crippen molar-refractivity contribution < 1.29 is 13.9 Å². The monoisotopic (exact) mass is 329 g/mol. The number of nitrogens with zero attached hydrogens (tertiary/aromatic N) is 2. The highest BCUT2D eigenvalue weighted by atomic mass is 19.1. The van der Waals surface area contributed by atoms with Crippen LogP contribution in [0, 0.1) is 11.6 Å². The maximum atomic E-state index is 13.8. The minimum atomic E-state index is -0.664. The van der Waals surface area contributed by atoms with E-state index in [2.05, 4.69) is 9.97 Å². The van der Waals surface area contributed by atoms with E-state index < -0.39 is 11.6 Å². The molecule has 0 unspecified atom stereocenters. The predicted molar refractivity (Wildman–Crippen MR) is 82.7 cm³/mol. The molecule has 1 aliphatic carbocycles. The number of imidazole rings is 1. The third kappa shape index (κ3) is 2.38. The van der Waals surface area contributed by atoms with Gasteiger partial charge in [-0.1, -0.05) is 6.07 Å². The fraction of sp³-hybridized carbons (Fsp3) is 0.176. The average molecular weight is 329 g/mol. The number of aromatic nitrogens is 3. The molecule has 0 bridgehead atoms. The van der Waals surface area contributed by atoms with Crippen LogP contribution in [-0.2, 0) is 0 Å². The Balaban J connectivity index is 1.58. The Morgan fingerprint density at radius 1 is 1.25 bits per heavy atom. The van der Waals surface area contributed by atoms with Crippen LogP contribution in [0.2, 0.25) is 0 Å². The Kier molecular flexibility index (Phi) is 3.23. The van der Waals surface area contributed by atoms with Crippen molar-refractivity contribution in [2.24, 2.45) is 0 Å². The lowest BCUT2D eigenvalue weighted by molar-refractivity contribution is 0.413. The van der Waals surface area contributed by atoms with Gasteiger partial charge in [-0.15, -0.1) is 0 Å². The lowest BCUT2D eigenvalue weighted by atomic mass is 10.1. The Hall–Kier alpha value is -2.96. The van der Waals surface area contributed by atoms with E-state index in [0.717, 1.165) is 18.1 Å². The van der Waals surface area contributed by atoms with Crippen molar-refractivity contribution >= 4 is 0 Å². The highest BCUT2D eigenvalue weighted by Gasteiger charge is 2.42. The molecule has 122 valence electrons. The molecule has 3 aromatic rings. The van der Waals surface area contributed by atoms with Gasteiger partial charge in [-0.05, 0) is 30.2 Å². The van der Waals surface area contributed by atoms with Crippen molar-refractivity contribution in [3.8, 4) is 17.1 Å². The normalized spacial score (nSPS) is 19.4. The summed E-state index contributed by atoms with van der Waals surface area (Å²) < 4.78 is 28.1. The van der Waals surface area contributed by atoms with Crippen LogP contribution < -0.4 is 5.69 Å². The van der Waals surface area contributed by atoms with Gasteiger partial charge in [0.25, 0.3) is 0 Å². The molecule has 2 atom stereocenters. The van der Waals surface area contributed by atoms with E-state index in [1.807, 2.05) is 6.07 Å². The highest BCUT2D eigenvalue weighted by Crippen LogP contribution is 2.51. The Morgan fingerprint density at radius 3 is 2.71 bits per heavy atom. The van der Waals surface area contributed by atoms with Gasteiger partial charge in [0.2, 0.25) is 5.88 Å². The summed E-state index contributed by atoms with van der Waals surface area (Å²) in [5.41, 5.74) is 1.20. The molecule has 7 heteroatoms. The number of benzene rings is 1. The fourth-order valence-corrected chi connectivity index (χ4v) is 3.00. The third-order valence-electron chi connectivity index (χ3n) is 4.30. The summed E-state index contributed by atoms with van der Waals surface area (Å²) >= 11 is 0. The van der Waals surface area contributed by atoms with Crippen LogP contribution in [0.1, 0.15) is 23.9 Å². The maximum Gasteiger partial charge on any atom is 0.328 e. The smallest absolute Gasteiger partial charge is 0.328 e. The summed E-state index contributed by atoms with van der Waals surface area (Å²) in [6.07, 6.45) is 3.60. The molecule has 1 fully saturated rings. The molecule has 0 aliphatic heterocycles. The SMILES string of the molecule is O=c1[nH]cc(O)n1[C@H]1C[C@@H]1c1ccc(-c2ccc(F)cc2F)nc1. The first kappa shape index (κ1) is 14.6. The van der Waals surface area contributed by atoms with Crippen molar-refractivity contribution in [3.05, 3.63) is 70.4 Å². The summed E-state index contributed by atoms with van der Waals surface area (Å²) in [5, 5.41) is 9.70. The molecule has 2 N–H and O–H groups in total. The first-order chi connectivity index (χ1) is 11.5. The van der Waals surface area contributed by atoms with Gasteiger partial charge in [0, 0.05) is 29.8 Å². The highest BCUT2D eigenvalue weighted by molar-refractivity contribution is 5.60. The Morgan fingerprint density at radius 2 is 2.08 bits per heavy atom. The summed E-state index contributed by atoms with van der Waals surface area (Å²) in [4.78, 5) is 18.3. The van der Waals surface area contributed by atoms with Crippen LogP contribution in [0.25, 0.3) is 11.3 Å². The van der Waals surface area contributed by atoms with Gasteiger partial charge in [0.05, 0.1) is 11.9 Å². The van der Waals surface area contributed by atoms with E-state index in [-0.39, 0.29) is 29.1 Å². The second-order valence-corrected chi connectivity index (χ2v) is 5.83. The number of pyridine rings is 1. The molecule has 2 heterocycles. The minimum absolute atomic E-state index is 0.0732. The van der Waals surface area contributed by atoms with E-state index >= 15 is 0 Å². The quantitative estimate of drug-likeness (QED) is 0.776. The van der Waals surface area contributed by atoms with Crippen molar-refractivity contribution in [2.75, 3.05) is 0 Å². The van der Waals surface area contributed by atoms with E-state index in [9.17, 15) is 18.7 Å². The number of rotatable bonds is 3. The fourth-order valence-electron chi connectivity index (χ4n) is 3.00. The number of nitrogens with one attached hydrogen (secondary N) is 1. The van der Waals surface area contributed by atoms with Gasteiger partial charge < -0.3 is 10.1 Å². The number of hydrogen-bond acceptors (Lipinski definition) is 3. The van der Waals surface area contributed by atoms with Crippen molar-refractivity contribution in [1.82, 2.24) is 14.5 Å². The number of H-pyrrole nitrogens is 1. The van der Waals surface area contributed by atoms with Crippen LogP contribution in [0.4, 0.5) is 8.78 Å². The molecule has 4 rings (SSSR count). The summed E-state index contributed by atoms with van der Waals surface area (Å²) in [6.45, 7) is 0. The standard InChI is InChI=1S/C17H13F2N3O2/c18-10-2-3-11(13(19)5-10)14-4-1-9(7-20-14)12-6-15(12)22-16(23)8-21-17(22)24/h1-5,7-8,12,15,23H,6H2,(H,21,24)/t12-,15+/m1/s1. The molecule has 1 aliphatic rings. The van der Waals surface area contributed by atoms with Crippen LogP contribution in [-0.4, -0.2) is 19.6 Å². The number of hydrogen-bond donors (Lipinski definition) is 2. The van der Waals surface area contributed by atoms with Crippen LogP contribution in [0.15, 0.2) is 47.5 Å². The van der Waals surface area contributed by atoms with Crippen LogP contribution >= 0.6 is 0 Å². The maximum absolute atomic E-state index is 13.8. The van der Waals surface area contributed by atoms with Gasteiger partial charge in [-0.2, -0.15) is 0 Å². The van der Waals surface area contributed by atoms with Gasteiger partial charge in [0.1, 0.15) is 11.6 Å². The molecule has 1 aromatic carbocycles. The summed E-state index contributed by atoms with van der Waals surface area (Å²) in [6, 6.07) is 6.73. The molecule has 1 saturated carbocycles. The Bertz CT molecular complexity index is 963. The topological polar surface area (TPSA) is 70.9 Å². The zero-order valence-corrected chi connectivity index (χ0v) is 12.4. The van der Waals surface area contributed by atoms with Crippen LogP contribution in [0.3, 0.4) is 0 Å². The molecule has 24 heavy (non-hydrogen) atoms. The average Bonchev–Trinajstić information content (AvgIpc) is 3.26. The van der Waals surface area contributed by atoms with E-state index in [1.165, 1.54) is 22.9 Å². The molecule has 0 radical (unpaired) electrons. The molecule has 2 aromatic heterocycles. The summed E-state index contributed by atoms with van der Waals surface area (Å²) in [5.74, 6) is -1.32. The summed E-state index contributed by atoms with van der Waals surface area (Å²) in [7, 11) is 0. The second-order valence-electron chi connectivity index (χ2n) is 5.83. The third-order valence-corrected chi connectivity index (χ3v) is 4.30. The molecule has 0 spiro atoms. The molecule has 5 nitrogen and oxygen atoms in total. The van der Waals surface area contributed by atoms with E-state index in [1.54, 1.807) is 12.3 Å². The van der Waals surface area contributed by atoms with Crippen molar-refractivity contribution in [2.45, 2.75) is 18.4 Å². The number of aromatic amines is 1. The van der Waals surface area contributed by atoms with Gasteiger partial charge in [-0.3, -0.25) is 9.55 Å².